The van der Waals surface area contributed by atoms with Gasteiger partial charge in [0.25, 0.3) is 5.91 Å². The van der Waals surface area contributed by atoms with Crippen LogP contribution in [0.4, 0.5) is 5.69 Å². The number of hydrogen-bond donors (Lipinski definition) is 4. The minimum Gasteiger partial charge on any atom is -0.389 e. The highest BCUT2D eigenvalue weighted by Crippen LogP contribution is 2.48. The molecule has 10 nitrogen and oxygen atoms in total. The van der Waals surface area contributed by atoms with Crippen molar-refractivity contribution in [2.45, 2.75) is 24.1 Å². The van der Waals surface area contributed by atoms with E-state index in [-0.39, 0.29) is 25.4 Å². The van der Waals surface area contributed by atoms with Gasteiger partial charge in [0.05, 0.1) is 6.04 Å². The zero-order chi connectivity index (χ0) is 30.1. The van der Waals surface area contributed by atoms with E-state index in [0.29, 0.717) is 29.8 Å². The van der Waals surface area contributed by atoms with Crippen molar-refractivity contribution in [3.05, 3.63) is 102 Å². The summed E-state index contributed by atoms with van der Waals surface area (Å²) in [4.78, 5) is 56.8. The van der Waals surface area contributed by atoms with Gasteiger partial charge in [-0.3, -0.25) is 19.2 Å². The Morgan fingerprint density at radius 3 is 2.16 bits per heavy atom. The Morgan fingerprint density at radius 1 is 0.930 bits per heavy atom. The summed E-state index contributed by atoms with van der Waals surface area (Å²) in [5.41, 5.74) is 1.55. The molecular formula is C33H32N4O6. The second-order valence-electron chi connectivity index (χ2n) is 10.9. The lowest BCUT2D eigenvalue weighted by molar-refractivity contribution is -0.154. The van der Waals surface area contributed by atoms with Gasteiger partial charge in [-0.25, -0.2) is 0 Å². The number of piperazine rings is 1. The molecule has 2 aliphatic heterocycles. The molecule has 3 aromatic rings. The first-order valence-corrected chi connectivity index (χ1v) is 14.3. The van der Waals surface area contributed by atoms with Crippen LogP contribution >= 0.6 is 0 Å². The predicted molar refractivity (Wildman–Crippen MR) is 159 cm³/mol. The van der Waals surface area contributed by atoms with E-state index in [0.717, 1.165) is 16.8 Å². The van der Waals surface area contributed by atoms with E-state index < -0.39 is 41.9 Å². The van der Waals surface area contributed by atoms with Crippen LogP contribution in [-0.4, -0.2) is 83.5 Å². The average molecular weight is 581 g/mol. The van der Waals surface area contributed by atoms with Crippen molar-refractivity contribution in [2.75, 3.05) is 37.7 Å². The number of rotatable bonds is 8. The SMILES string of the molecule is O=C1NCC=C1CC(NC(=O)[C@@H]1CN(c2ccccc2)CCN1C(=O)C1(O)c2ccccc2-c2ccccc21)C(=O)CO. The lowest BCUT2D eigenvalue weighted by Crippen LogP contribution is -2.65. The Labute approximate surface area is 248 Å². The fraction of sp³-hybridized carbons (Fsp3) is 0.273. The maximum absolute atomic E-state index is 14.5. The molecule has 2 atom stereocenters. The van der Waals surface area contributed by atoms with Crippen LogP contribution in [0.2, 0.25) is 0 Å². The van der Waals surface area contributed by atoms with E-state index in [1.54, 1.807) is 30.3 Å². The quantitative estimate of drug-likeness (QED) is 0.313. The first-order valence-electron chi connectivity index (χ1n) is 14.3. The highest BCUT2D eigenvalue weighted by molar-refractivity contribution is 6.02. The smallest absolute Gasteiger partial charge is 0.264 e. The molecule has 10 heteroatoms. The topological polar surface area (TPSA) is 139 Å². The third-order valence-corrected chi connectivity index (χ3v) is 8.49. The molecule has 3 amide bonds. The number of carbonyl (C=O) groups excluding carboxylic acids is 4. The van der Waals surface area contributed by atoms with Gasteiger partial charge in [-0.15, -0.1) is 0 Å². The van der Waals surface area contributed by atoms with Crippen molar-refractivity contribution in [3.8, 4) is 11.1 Å². The maximum atomic E-state index is 14.5. The average Bonchev–Trinajstić information content (AvgIpc) is 3.58. The summed E-state index contributed by atoms with van der Waals surface area (Å²) in [6, 6.07) is 21.6. The van der Waals surface area contributed by atoms with E-state index in [2.05, 4.69) is 10.6 Å². The van der Waals surface area contributed by atoms with Gasteiger partial charge in [0.2, 0.25) is 11.8 Å². The zero-order valence-corrected chi connectivity index (χ0v) is 23.4. The molecule has 0 bridgehead atoms. The Hall–Kier alpha value is -4.80. The number of ketones is 1. The highest BCUT2D eigenvalue weighted by Gasteiger charge is 2.52. The largest absolute Gasteiger partial charge is 0.389 e. The maximum Gasteiger partial charge on any atom is 0.264 e. The fourth-order valence-corrected chi connectivity index (χ4v) is 6.27. The van der Waals surface area contributed by atoms with Crippen molar-refractivity contribution >= 4 is 29.2 Å². The van der Waals surface area contributed by atoms with E-state index in [1.807, 2.05) is 59.5 Å². The molecule has 0 spiro atoms. The van der Waals surface area contributed by atoms with Crippen molar-refractivity contribution in [1.29, 1.82) is 0 Å². The van der Waals surface area contributed by atoms with Crippen molar-refractivity contribution < 1.29 is 29.4 Å². The summed E-state index contributed by atoms with van der Waals surface area (Å²) in [7, 11) is 0. The number of aliphatic hydroxyl groups excluding tert-OH is 1. The Balaban J connectivity index is 1.35. The number of Topliss-reactive ketones (excluding diaryl/α,β-unsaturated/α-hetero) is 1. The number of benzene rings is 3. The third kappa shape index (κ3) is 4.98. The monoisotopic (exact) mass is 580 g/mol. The van der Waals surface area contributed by atoms with Gasteiger partial charge in [-0.2, -0.15) is 0 Å². The van der Waals surface area contributed by atoms with Crippen LogP contribution in [0.15, 0.2) is 90.5 Å². The van der Waals surface area contributed by atoms with Crippen molar-refractivity contribution in [3.63, 3.8) is 0 Å². The van der Waals surface area contributed by atoms with E-state index >= 15 is 0 Å². The molecule has 3 aliphatic rings. The number of para-hydroxylation sites is 1. The van der Waals surface area contributed by atoms with Crippen LogP contribution in [-0.2, 0) is 24.8 Å². The second kappa shape index (κ2) is 11.5. The molecule has 6 rings (SSSR count). The van der Waals surface area contributed by atoms with Gasteiger partial charge in [0.15, 0.2) is 11.4 Å². The second-order valence-corrected chi connectivity index (χ2v) is 10.9. The van der Waals surface area contributed by atoms with E-state index in [1.165, 1.54) is 4.90 Å². The number of fused-ring (bicyclic) bond motifs is 3. The van der Waals surface area contributed by atoms with Crippen LogP contribution in [0, 0.1) is 0 Å². The molecule has 1 aliphatic carbocycles. The lowest BCUT2D eigenvalue weighted by Gasteiger charge is -2.44. The highest BCUT2D eigenvalue weighted by atomic mass is 16.3. The molecule has 220 valence electrons. The Bertz CT molecular complexity index is 1570. The number of nitrogens with one attached hydrogen (secondary N) is 2. The molecule has 0 radical (unpaired) electrons. The molecule has 4 N–H and O–H groups in total. The first kappa shape index (κ1) is 28.3. The summed E-state index contributed by atoms with van der Waals surface area (Å²) in [6.07, 6.45) is 1.55. The van der Waals surface area contributed by atoms with Crippen molar-refractivity contribution in [2.24, 2.45) is 0 Å². The van der Waals surface area contributed by atoms with Crippen LogP contribution in [0.1, 0.15) is 17.5 Å². The normalized spacial score (nSPS) is 19.2. The molecule has 3 aromatic carbocycles. The number of nitrogens with zero attached hydrogens (tertiary/aromatic N) is 2. The molecule has 0 saturated carbocycles. The van der Waals surface area contributed by atoms with Crippen LogP contribution in [0.3, 0.4) is 0 Å². The molecule has 1 fully saturated rings. The third-order valence-electron chi connectivity index (χ3n) is 8.49. The van der Waals surface area contributed by atoms with E-state index in [4.69, 9.17) is 0 Å². The number of amides is 3. The number of aliphatic hydroxyl groups is 2. The van der Waals surface area contributed by atoms with Gasteiger partial charge in [-0.05, 0) is 23.3 Å². The summed E-state index contributed by atoms with van der Waals surface area (Å²) in [5.74, 6) is -2.25. The lowest BCUT2D eigenvalue weighted by atomic mass is 9.88. The minimum atomic E-state index is -2.02. The van der Waals surface area contributed by atoms with Crippen LogP contribution in [0.25, 0.3) is 11.1 Å². The van der Waals surface area contributed by atoms with Crippen molar-refractivity contribution in [1.82, 2.24) is 15.5 Å². The van der Waals surface area contributed by atoms with Gasteiger partial charge in [0, 0.05) is 55.0 Å². The van der Waals surface area contributed by atoms with Gasteiger partial charge >= 0.3 is 0 Å². The minimum absolute atomic E-state index is 0.0925. The molecule has 1 unspecified atom stereocenters. The summed E-state index contributed by atoms with van der Waals surface area (Å²) >= 11 is 0. The molecule has 0 aromatic heterocycles. The number of anilines is 1. The zero-order valence-electron chi connectivity index (χ0n) is 23.4. The Morgan fingerprint density at radius 2 is 1.56 bits per heavy atom. The van der Waals surface area contributed by atoms with Gasteiger partial charge in [0.1, 0.15) is 12.6 Å². The predicted octanol–water partition coefficient (Wildman–Crippen LogP) is 1.11. The summed E-state index contributed by atoms with van der Waals surface area (Å²) in [5, 5.41) is 27.2. The molecule has 1 saturated heterocycles. The summed E-state index contributed by atoms with van der Waals surface area (Å²) < 4.78 is 0. The number of carbonyl (C=O) groups is 4. The standard InChI is InChI=1S/C33H32N4O6/c38-20-29(39)27(18-21-14-15-34-30(21)40)35-31(41)28-19-36(22-8-2-1-3-9-22)16-17-37(28)32(42)33(43)25-12-6-4-10-23(25)24-11-5-7-13-26(24)33/h1-14,27-28,38,43H,15-20H2,(H,34,40)(H,35,41)/t27?,28-/m0/s1. The first-order chi connectivity index (χ1) is 20.8. The van der Waals surface area contributed by atoms with Gasteiger partial charge in [-0.1, -0.05) is 72.8 Å². The molecule has 43 heavy (non-hydrogen) atoms. The molecular weight excluding hydrogens is 548 g/mol. The van der Waals surface area contributed by atoms with Gasteiger partial charge < -0.3 is 30.6 Å². The molecule has 2 heterocycles. The number of hydrogen-bond acceptors (Lipinski definition) is 7. The van der Waals surface area contributed by atoms with E-state index in [9.17, 15) is 29.4 Å². The summed E-state index contributed by atoms with van der Waals surface area (Å²) in [6.45, 7) is 0.136. The Kier molecular flexibility index (Phi) is 7.55. The van der Waals surface area contributed by atoms with Crippen LogP contribution < -0.4 is 15.5 Å². The fourth-order valence-electron chi connectivity index (χ4n) is 6.27. The van der Waals surface area contributed by atoms with Crippen LogP contribution in [0.5, 0.6) is 0 Å².